The lowest BCUT2D eigenvalue weighted by molar-refractivity contribution is -0.153. The van der Waals surface area contributed by atoms with E-state index in [0.717, 1.165) is 10.8 Å². The van der Waals surface area contributed by atoms with Gasteiger partial charge in [0.05, 0.1) is 6.61 Å². The van der Waals surface area contributed by atoms with Crippen molar-refractivity contribution in [1.29, 1.82) is 0 Å². The quantitative estimate of drug-likeness (QED) is 0.776. The summed E-state index contributed by atoms with van der Waals surface area (Å²) in [4.78, 5) is 11.6. The van der Waals surface area contributed by atoms with E-state index < -0.39 is 6.10 Å². The number of ether oxygens (including phenoxy) is 3. The molecule has 0 bridgehead atoms. The molecule has 1 aliphatic rings. The van der Waals surface area contributed by atoms with E-state index in [1.807, 2.05) is 36.4 Å². The fraction of sp³-hybridized carbons (Fsp3) is 0.267. The Bertz CT molecular complexity index is 621. The zero-order valence-electron chi connectivity index (χ0n) is 10.6. The maximum absolute atomic E-state index is 11.6. The van der Waals surface area contributed by atoms with E-state index in [1.165, 1.54) is 0 Å². The van der Waals surface area contributed by atoms with Crippen molar-refractivity contribution >= 4 is 16.7 Å². The molecule has 4 heteroatoms. The smallest absolute Gasteiger partial charge is 0.350 e. The first-order valence-electron chi connectivity index (χ1n) is 6.27. The molecule has 0 saturated carbocycles. The summed E-state index contributed by atoms with van der Waals surface area (Å²) in [6.45, 7) is 2.29. The lowest BCUT2D eigenvalue weighted by Gasteiger charge is -2.25. The summed E-state index contributed by atoms with van der Waals surface area (Å²) in [7, 11) is 0. The summed E-state index contributed by atoms with van der Waals surface area (Å²) < 4.78 is 16.2. The molecule has 0 aromatic heterocycles. The van der Waals surface area contributed by atoms with Crippen molar-refractivity contribution in [1.82, 2.24) is 0 Å². The van der Waals surface area contributed by atoms with Crippen LogP contribution in [0, 0.1) is 0 Å². The molecule has 1 aliphatic heterocycles. The van der Waals surface area contributed by atoms with Gasteiger partial charge in [-0.05, 0) is 29.8 Å². The summed E-state index contributed by atoms with van der Waals surface area (Å²) in [6.07, 6.45) is -0.686. The molecule has 0 radical (unpaired) electrons. The molecular weight excluding hydrogens is 244 g/mol. The van der Waals surface area contributed by atoms with E-state index >= 15 is 0 Å². The summed E-state index contributed by atoms with van der Waals surface area (Å²) >= 11 is 0. The van der Waals surface area contributed by atoms with E-state index in [2.05, 4.69) is 0 Å². The molecule has 0 spiro atoms. The number of benzene rings is 2. The van der Waals surface area contributed by atoms with Crippen LogP contribution in [0.3, 0.4) is 0 Å². The van der Waals surface area contributed by atoms with Crippen LogP contribution in [0.5, 0.6) is 11.5 Å². The number of hydrogen-bond acceptors (Lipinski definition) is 4. The van der Waals surface area contributed by atoms with Crippen LogP contribution in [-0.2, 0) is 9.53 Å². The molecule has 0 aliphatic carbocycles. The standard InChI is InChI=1S/C15H14O4/c1-2-17-15(16)14-9-18-12-7-10-5-3-4-6-11(10)8-13(12)19-14/h3-8,14H,2,9H2,1H3/t14-/m0/s1. The van der Waals surface area contributed by atoms with Gasteiger partial charge in [-0.3, -0.25) is 0 Å². The highest BCUT2D eigenvalue weighted by Gasteiger charge is 2.28. The van der Waals surface area contributed by atoms with Gasteiger partial charge in [-0.1, -0.05) is 24.3 Å². The van der Waals surface area contributed by atoms with Gasteiger partial charge in [0.1, 0.15) is 6.61 Å². The van der Waals surface area contributed by atoms with Crippen molar-refractivity contribution < 1.29 is 19.0 Å². The lowest BCUT2D eigenvalue weighted by atomic mass is 10.1. The third-order valence-electron chi connectivity index (χ3n) is 3.02. The first-order valence-corrected chi connectivity index (χ1v) is 6.27. The zero-order valence-corrected chi connectivity index (χ0v) is 10.6. The summed E-state index contributed by atoms with van der Waals surface area (Å²) in [5.41, 5.74) is 0. The average molecular weight is 258 g/mol. The molecule has 4 nitrogen and oxygen atoms in total. The van der Waals surface area contributed by atoms with E-state index in [4.69, 9.17) is 14.2 Å². The van der Waals surface area contributed by atoms with Crippen LogP contribution in [0.1, 0.15) is 6.92 Å². The topological polar surface area (TPSA) is 44.8 Å². The van der Waals surface area contributed by atoms with Crippen LogP contribution >= 0.6 is 0 Å². The first-order chi connectivity index (χ1) is 9.28. The fourth-order valence-corrected chi connectivity index (χ4v) is 2.11. The molecule has 3 rings (SSSR count). The Hall–Kier alpha value is -2.23. The molecule has 0 unspecified atom stereocenters. The predicted molar refractivity (Wildman–Crippen MR) is 70.5 cm³/mol. The van der Waals surface area contributed by atoms with Crippen molar-refractivity contribution in [3.8, 4) is 11.5 Å². The monoisotopic (exact) mass is 258 g/mol. The van der Waals surface area contributed by atoms with Gasteiger partial charge >= 0.3 is 5.97 Å². The van der Waals surface area contributed by atoms with Crippen LogP contribution in [0.15, 0.2) is 36.4 Å². The van der Waals surface area contributed by atoms with E-state index in [1.54, 1.807) is 6.92 Å². The molecule has 1 atom stereocenters. The summed E-state index contributed by atoms with van der Waals surface area (Å²) in [6, 6.07) is 11.7. The molecule has 1 heterocycles. The van der Waals surface area contributed by atoms with Crippen molar-refractivity contribution in [2.45, 2.75) is 13.0 Å². The Morgan fingerprint density at radius 2 is 1.95 bits per heavy atom. The van der Waals surface area contributed by atoms with Gasteiger partial charge in [-0.2, -0.15) is 0 Å². The minimum absolute atomic E-state index is 0.185. The average Bonchev–Trinajstić information content (AvgIpc) is 2.44. The third kappa shape index (κ3) is 2.21. The zero-order chi connectivity index (χ0) is 13.2. The second kappa shape index (κ2) is 4.80. The highest BCUT2D eigenvalue weighted by atomic mass is 16.6. The molecule has 0 N–H and O–H groups in total. The Kier molecular flexibility index (Phi) is 2.99. The van der Waals surface area contributed by atoms with Gasteiger partial charge in [-0.25, -0.2) is 4.79 Å². The molecule has 2 aromatic carbocycles. The van der Waals surface area contributed by atoms with Crippen LogP contribution in [0.25, 0.3) is 10.8 Å². The molecule has 0 fully saturated rings. The molecule has 2 aromatic rings. The molecular formula is C15H14O4. The number of rotatable bonds is 2. The number of carbonyl (C=O) groups excluding carboxylic acids is 1. The van der Waals surface area contributed by atoms with Crippen molar-refractivity contribution in [3.05, 3.63) is 36.4 Å². The molecule has 0 saturated heterocycles. The Balaban J connectivity index is 1.92. The van der Waals surface area contributed by atoms with Crippen LogP contribution in [0.2, 0.25) is 0 Å². The van der Waals surface area contributed by atoms with Crippen molar-refractivity contribution in [2.75, 3.05) is 13.2 Å². The van der Waals surface area contributed by atoms with Gasteiger partial charge < -0.3 is 14.2 Å². The lowest BCUT2D eigenvalue weighted by Crippen LogP contribution is -2.37. The Labute approximate surface area is 110 Å². The molecule has 98 valence electrons. The minimum atomic E-state index is -0.686. The highest BCUT2D eigenvalue weighted by Crippen LogP contribution is 2.35. The largest absolute Gasteiger partial charge is 0.485 e. The molecule has 0 amide bonds. The van der Waals surface area contributed by atoms with Gasteiger partial charge in [0.15, 0.2) is 11.5 Å². The number of hydrogen-bond donors (Lipinski definition) is 0. The van der Waals surface area contributed by atoms with Crippen LogP contribution < -0.4 is 9.47 Å². The second-order valence-corrected chi connectivity index (χ2v) is 4.32. The number of carbonyl (C=O) groups is 1. The maximum Gasteiger partial charge on any atom is 0.350 e. The maximum atomic E-state index is 11.6. The van der Waals surface area contributed by atoms with E-state index in [-0.39, 0.29) is 12.6 Å². The molecule has 19 heavy (non-hydrogen) atoms. The first kappa shape index (κ1) is 11.8. The SMILES string of the molecule is CCOC(=O)[C@@H]1COc2cc3ccccc3cc2O1. The second-order valence-electron chi connectivity index (χ2n) is 4.32. The highest BCUT2D eigenvalue weighted by molar-refractivity contribution is 5.86. The number of fused-ring (bicyclic) bond motifs is 2. The van der Waals surface area contributed by atoms with Crippen molar-refractivity contribution in [2.24, 2.45) is 0 Å². The number of esters is 1. The normalized spacial score (nSPS) is 17.2. The van der Waals surface area contributed by atoms with Gasteiger partial charge in [-0.15, -0.1) is 0 Å². The fourth-order valence-electron chi connectivity index (χ4n) is 2.11. The van der Waals surface area contributed by atoms with Gasteiger partial charge in [0.2, 0.25) is 6.10 Å². The predicted octanol–water partition coefficient (Wildman–Crippen LogP) is 2.54. The van der Waals surface area contributed by atoms with Gasteiger partial charge in [0, 0.05) is 0 Å². The minimum Gasteiger partial charge on any atom is -0.485 e. The third-order valence-corrected chi connectivity index (χ3v) is 3.02. The Morgan fingerprint density at radius 3 is 2.63 bits per heavy atom. The summed E-state index contributed by atoms with van der Waals surface area (Å²) in [5.74, 6) is 0.864. The van der Waals surface area contributed by atoms with Crippen LogP contribution in [-0.4, -0.2) is 25.3 Å². The van der Waals surface area contributed by atoms with E-state index in [0.29, 0.717) is 18.1 Å². The van der Waals surface area contributed by atoms with E-state index in [9.17, 15) is 4.79 Å². The van der Waals surface area contributed by atoms with Gasteiger partial charge in [0.25, 0.3) is 0 Å². The Morgan fingerprint density at radius 1 is 1.26 bits per heavy atom. The van der Waals surface area contributed by atoms with Crippen LogP contribution in [0.4, 0.5) is 0 Å². The van der Waals surface area contributed by atoms with Crippen molar-refractivity contribution in [3.63, 3.8) is 0 Å². The summed E-state index contributed by atoms with van der Waals surface area (Å²) in [5, 5.41) is 2.13.